The highest BCUT2D eigenvalue weighted by Gasteiger charge is 2.09. The molecule has 0 aliphatic heterocycles. The lowest BCUT2D eigenvalue weighted by Gasteiger charge is -2.06. The van der Waals surface area contributed by atoms with Crippen molar-refractivity contribution in [2.24, 2.45) is 4.99 Å². The summed E-state index contributed by atoms with van der Waals surface area (Å²) in [4.78, 5) is 17.8. The lowest BCUT2D eigenvalue weighted by molar-refractivity contribution is 0.0997. The normalized spacial score (nSPS) is 11.9. The van der Waals surface area contributed by atoms with E-state index in [4.69, 9.17) is 4.74 Å². The predicted molar refractivity (Wildman–Crippen MR) is 110 cm³/mol. The summed E-state index contributed by atoms with van der Waals surface area (Å²) in [5.41, 5.74) is 1.63. The number of thiazole rings is 1. The quantitative estimate of drug-likeness (QED) is 0.489. The number of halogens is 1. The number of nitrogens with zero attached hydrogens (tertiary/aromatic N) is 2. The lowest BCUT2D eigenvalue weighted by Crippen LogP contribution is -2.15. The van der Waals surface area contributed by atoms with Crippen LogP contribution in [0, 0.1) is 0 Å². The van der Waals surface area contributed by atoms with E-state index < -0.39 is 0 Å². The van der Waals surface area contributed by atoms with Gasteiger partial charge in [-0.1, -0.05) is 46.7 Å². The van der Waals surface area contributed by atoms with Crippen LogP contribution in [0.3, 0.4) is 0 Å². The molecule has 0 spiro atoms. The molecule has 0 bridgehead atoms. The Labute approximate surface area is 165 Å². The number of rotatable bonds is 6. The Bertz CT molecular complexity index is 991. The Morgan fingerprint density at radius 1 is 1.23 bits per heavy atom. The Morgan fingerprint density at radius 2 is 2.08 bits per heavy atom. The second-order valence-electron chi connectivity index (χ2n) is 5.89. The molecule has 0 atom stereocenters. The van der Waals surface area contributed by atoms with Crippen molar-refractivity contribution in [2.75, 3.05) is 6.61 Å². The van der Waals surface area contributed by atoms with Gasteiger partial charge in [-0.3, -0.25) is 4.79 Å². The zero-order chi connectivity index (χ0) is 18.5. The molecule has 1 amide bonds. The number of amides is 1. The Morgan fingerprint density at radius 3 is 2.85 bits per heavy atom. The van der Waals surface area contributed by atoms with Crippen LogP contribution in [-0.4, -0.2) is 17.1 Å². The molecule has 0 aliphatic carbocycles. The third-order valence-electron chi connectivity index (χ3n) is 4.01. The van der Waals surface area contributed by atoms with Crippen molar-refractivity contribution in [3.05, 3.63) is 57.3 Å². The van der Waals surface area contributed by atoms with E-state index in [0.29, 0.717) is 22.7 Å². The number of hydrogen-bond donors (Lipinski definition) is 0. The molecule has 1 aromatic heterocycles. The van der Waals surface area contributed by atoms with Gasteiger partial charge in [-0.25, -0.2) is 0 Å². The molecule has 0 unspecified atom stereocenters. The molecule has 0 saturated heterocycles. The lowest BCUT2D eigenvalue weighted by atomic mass is 10.2. The molecule has 3 rings (SSSR count). The first-order valence-corrected chi connectivity index (χ1v) is 10.3. The molecule has 2 aromatic carbocycles. The standard InChI is InChI=1S/C20H21BrN2O2S/c1-3-5-11-25-16-8-6-7-14(12-16)19(24)22-20-23(4-2)17-10-9-15(21)13-18(17)26-20/h6-10,12-13H,3-5,11H2,1-2H3. The van der Waals surface area contributed by atoms with E-state index >= 15 is 0 Å². The molecule has 3 aromatic rings. The molecule has 6 heteroatoms. The molecule has 4 nitrogen and oxygen atoms in total. The van der Waals surface area contributed by atoms with E-state index in [1.165, 1.54) is 11.3 Å². The van der Waals surface area contributed by atoms with Crippen molar-refractivity contribution < 1.29 is 9.53 Å². The van der Waals surface area contributed by atoms with E-state index in [1.807, 2.05) is 24.3 Å². The largest absolute Gasteiger partial charge is 0.494 e. The summed E-state index contributed by atoms with van der Waals surface area (Å²) >= 11 is 5.02. The van der Waals surface area contributed by atoms with Gasteiger partial charge in [-0.2, -0.15) is 4.99 Å². The third-order valence-corrected chi connectivity index (χ3v) is 5.54. The number of ether oxygens (including phenoxy) is 1. The monoisotopic (exact) mass is 432 g/mol. The Kier molecular flexibility index (Phi) is 6.27. The van der Waals surface area contributed by atoms with Crippen LogP contribution in [0.1, 0.15) is 37.0 Å². The molecule has 0 fully saturated rings. The summed E-state index contributed by atoms with van der Waals surface area (Å²) in [7, 11) is 0. The summed E-state index contributed by atoms with van der Waals surface area (Å²) in [5.74, 6) is 0.460. The fraction of sp³-hybridized carbons (Fsp3) is 0.300. The van der Waals surface area contributed by atoms with E-state index in [1.54, 1.807) is 12.1 Å². The highest BCUT2D eigenvalue weighted by atomic mass is 79.9. The van der Waals surface area contributed by atoms with Gasteiger partial charge in [0.15, 0.2) is 4.80 Å². The van der Waals surface area contributed by atoms with E-state index in [2.05, 4.69) is 45.4 Å². The van der Waals surface area contributed by atoms with Gasteiger partial charge in [-0.15, -0.1) is 0 Å². The van der Waals surface area contributed by atoms with Crippen molar-refractivity contribution >= 4 is 43.4 Å². The maximum Gasteiger partial charge on any atom is 0.279 e. The second kappa shape index (κ2) is 8.64. The summed E-state index contributed by atoms with van der Waals surface area (Å²) in [6.07, 6.45) is 2.07. The highest BCUT2D eigenvalue weighted by molar-refractivity contribution is 9.10. The number of aromatic nitrogens is 1. The van der Waals surface area contributed by atoms with Gasteiger partial charge in [0.2, 0.25) is 0 Å². The van der Waals surface area contributed by atoms with Crippen LogP contribution in [0.2, 0.25) is 0 Å². The van der Waals surface area contributed by atoms with Gasteiger partial charge in [0.05, 0.1) is 16.8 Å². The Hall–Kier alpha value is -1.92. The minimum Gasteiger partial charge on any atom is -0.494 e. The molecule has 0 aliphatic rings. The van der Waals surface area contributed by atoms with E-state index in [0.717, 1.165) is 34.1 Å². The van der Waals surface area contributed by atoms with Gasteiger partial charge in [0, 0.05) is 16.6 Å². The first-order chi connectivity index (χ1) is 12.6. The van der Waals surface area contributed by atoms with Gasteiger partial charge >= 0.3 is 0 Å². The molecule has 136 valence electrons. The van der Waals surface area contributed by atoms with Gasteiger partial charge in [-0.05, 0) is 49.7 Å². The maximum atomic E-state index is 12.7. The smallest absolute Gasteiger partial charge is 0.279 e. The molecule has 0 radical (unpaired) electrons. The zero-order valence-corrected chi connectivity index (χ0v) is 17.3. The van der Waals surface area contributed by atoms with Crippen LogP contribution in [0.25, 0.3) is 10.2 Å². The number of hydrogen-bond acceptors (Lipinski definition) is 3. The van der Waals surface area contributed by atoms with Crippen LogP contribution < -0.4 is 9.54 Å². The number of carbonyl (C=O) groups excluding carboxylic acids is 1. The van der Waals surface area contributed by atoms with Crippen LogP contribution in [-0.2, 0) is 6.54 Å². The third kappa shape index (κ3) is 4.24. The minimum absolute atomic E-state index is 0.251. The first-order valence-electron chi connectivity index (χ1n) is 8.73. The zero-order valence-electron chi connectivity index (χ0n) is 14.9. The number of unbranched alkanes of at least 4 members (excludes halogenated alkanes) is 1. The molecule has 0 N–H and O–H groups in total. The average molecular weight is 433 g/mol. The van der Waals surface area contributed by atoms with Crippen molar-refractivity contribution in [1.29, 1.82) is 0 Å². The minimum atomic E-state index is -0.251. The van der Waals surface area contributed by atoms with Crippen molar-refractivity contribution in [1.82, 2.24) is 4.57 Å². The predicted octanol–water partition coefficient (Wildman–Crippen LogP) is 5.41. The highest BCUT2D eigenvalue weighted by Crippen LogP contribution is 2.22. The fourth-order valence-electron chi connectivity index (χ4n) is 2.64. The maximum absolute atomic E-state index is 12.7. The van der Waals surface area contributed by atoms with Gasteiger partial charge in [0.25, 0.3) is 5.91 Å². The molecule has 1 heterocycles. The second-order valence-corrected chi connectivity index (χ2v) is 7.81. The van der Waals surface area contributed by atoms with E-state index in [9.17, 15) is 4.79 Å². The van der Waals surface area contributed by atoms with Crippen molar-refractivity contribution in [3.63, 3.8) is 0 Å². The first kappa shape index (κ1) is 18.9. The van der Waals surface area contributed by atoms with Crippen molar-refractivity contribution in [3.8, 4) is 5.75 Å². The van der Waals surface area contributed by atoms with Crippen LogP contribution >= 0.6 is 27.3 Å². The summed E-state index contributed by atoms with van der Waals surface area (Å²) in [5, 5.41) is 0. The SMILES string of the molecule is CCCCOc1cccc(C(=O)N=c2sc3cc(Br)ccc3n2CC)c1. The molecule has 26 heavy (non-hydrogen) atoms. The van der Waals surface area contributed by atoms with Crippen LogP contribution in [0.15, 0.2) is 51.9 Å². The summed E-state index contributed by atoms with van der Waals surface area (Å²) < 4.78 is 9.87. The number of benzene rings is 2. The molecular weight excluding hydrogens is 412 g/mol. The van der Waals surface area contributed by atoms with Gasteiger partial charge in [0.1, 0.15) is 5.75 Å². The summed E-state index contributed by atoms with van der Waals surface area (Å²) in [6, 6.07) is 13.4. The van der Waals surface area contributed by atoms with Crippen LogP contribution in [0.4, 0.5) is 0 Å². The topological polar surface area (TPSA) is 43.6 Å². The Balaban J connectivity index is 1.93. The number of fused-ring (bicyclic) bond motifs is 1. The molecule has 0 saturated carbocycles. The fourth-order valence-corrected chi connectivity index (χ4v) is 4.29. The number of aryl methyl sites for hydroxylation is 1. The average Bonchev–Trinajstić information content (AvgIpc) is 2.98. The van der Waals surface area contributed by atoms with E-state index in [-0.39, 0.29) is 5.91 Å². The van der Waals surface area contributed by atoms with Crippen molar-refractivity contribution in [2.45, 2.75) is 33.2 Å². The summed E-state index contributed by atoms with van der Waals surface area (Å²) in [6.45, 7) is 5.59. The van der Waals surface area contributed by atoms with Gasteiger partial charge < -0.3 is 9.30 Å². The number of carbonyl (C=O) groups is 1. The van der Waals surface area contributed by atoms with Crippen LogP contribution in [0.5, 0.6) is 5.75 Å². The molecular formula is C20H21BrN2O2S.